The highest BCUT2D eigenvalue weighted by Crippen LogP contribution is 2.17. The van der Waals surface area contributed by atoms with Crippen LogP contribution in [0, 0.1) is 11.3 Å². The fourth-order valence-corrected chi connectivity index (χ4v) is 2.30. The molecule has 2 amide bonds. The van der Waals surface area contributed by atoms with E-state index >= 15 is 0 Å². The van der Waals surface area contributed by atoms with Gasteiger partial charge in [0.2, 0.25) is 5.91 Å². The molecule has 1 atom stereocenters. The number of nitrogens with one attached hydrogen (secondary N) is 2. The average Bonchev–Trinajstić information content (AvgIpc) is 2.37. The zero-order valence-electron chi connectivity index (χ0n) is 13.1. The van der Waals surface area contributed by atoms with Crippen LogP contribution >= 0.6 is 0 Å². The van der Waals surface area contributed by atoms with Crippen molar-refractivity contribution in [3.63, 3.8) is 0 Å². The van der Waals surface area contributed by atoms with Crippen LogP contribution in [0.5, 0.6) is 0 Å². The highest BCUT2D eigenvalue weighted by atomic mass is 16.6. The Hall–Kier alpha value is -1.77. The molecule has 0 aromatic carbocycles. The van der Waals surface area contributed by atoms with Crippen LogP contribution < -0.4 is 10.6 Å². The van der Waals surface area contributed by atoms with Gasteiger partial charge in [0, 0.05) is 6.04 Å². The number of hydrogen-bond acceptors (Lipinski definition) is 4. The van der Waals surface area contributed by atoms with E-state index < -0.39 is 17.7 Å². The van der Waals surface area contributed by atoms with Crippen molar-refractivity contribution in [3.8, 4) is 6.07 Å². The van der Waals surface area contributed by atoms with Crippen molar-refractivity contribution < 1.29 is 14.3 Å². The highest BCUT2D eigenvalue weighted by molar-refractivity contribution is 5.86. The summed E-state index contributed by atoms with van der Waals surface area (Å²) in [5.74, 6) is -0.311. The second kappa shape index (κ2) is 7.87. The first-order valence-electron chi connectivity index (χ1n) is 7.48. The van der Waals surface area contributed by atoms with Gasteiger partial charge in [0.1, 0.15) is 11.6 Å². The number of alkyl carbamates (subject to hydrolysis) is 1. The Morgan fingerprint density at radius 3 is 2.43 bits per heavy atom. The highest BCUT2D eigenvalue weighted by Gasteiger charge is 2.26. The first-order chi connectivity index (χ1) is 9.81. The van der Waals surface area contributed by atoms with Crippen molar-refractivity contribution in [2.75, 3.05) is 0 Å². The molecule has 0 spiro atoms. The lowest BCUT2D eigenvalue weighted by molar-refractivity contribution is -0.124. The van der Waals surface area contributed by atoms with E-state index in [9.17, 15) is 9.59 Å². The third kappa shape index (κ3) is 6.98. The Kier molecular flexibility index (Phi) is 6.47. The Bertz CT molecular complexity index is 403. The number of ether oxygens (including phenoxy) is 1. The van der Waals surface area contributed by atoms with E-state index in [1.165, 1.54) is 6.42 Å². The first-order valence-corrected chi connectivity index (χ1v) is 7.48. The molecule has 1 aliphatic rings. The molecule has 1 aliphatic carbocycles. The molecule has 2 N–H and O–H groups in total. The molecule has 0 bridgehead atoms. The van der Waals surface area contributed by atoms with Gasteiger partial charge in [-0.2, -0.15) is 5.26 Å². The van der Waals surface area contributed by atoms with Gasteiger partial charge in [0.05, 0.1) is 12.5 Å². The van der Waals surface area contributed by atoms with E-state index in [-0.39, 0.29) is 18.4 Å². The van der Waals surface area contributed by atoms with Crippen molar-refractivity contribution in [2.45, 2.75) is 77.0 Å². The molecular formula is C15H25N3O3. The monoisotopic (exact) mass is 295 g/mol. The van der Waals surface area contributed by atoms with Gasteiger partial charge in [0.15, 0.2) is 0 Å². The maximum Gasteiger partial charge on any atom is 0.408 e. The Labute approximate surface area is 126 Å². The van der Waals surface area contributed by atoms with Crippen LogP contribution in [0.1, 0.15) is 59.3 Å². The molecule has 6 nitrogen and oxygen atoms in total. The zero-order valence-corrected chi connectivity index (χ0v) is 13.1. The Morgan fingerprint density at radius 2 is 1.90 bits per heavy atom. The van der Waals surface area contributed by atoms with Crippen LogP contribution in [-0.4, -0.2) is 29.7 Å². The number of nitriles is 1. The summed E-state index contributed by atoms with van der Waals surface area (Å²) in [7, 11) is 0. The van der Waals surface area contributed by atoms with E-state index in [4.69, 9.17) is 10.00 Å². The SMILES string of the molecule is CC(C)(C)OC(=O)N[C@@H](CC#N)C(=O)NC1CCCCC1. The van der Waals surface area contributed by atoms with Crippen molar-refractivity contribution in [1.29, 1.82) is 5.26 Å². The summed E-state index contributed by atoms with van der Waals surface area (Å²) in [6.07, 6.45) is 4.57. The van der Waals surface area contributed by atoms with Crippen LogP contribution in [0.2, 0.25) is 0 Å². The minimum absolute atomic E-state index is 0.0716. The van der Waals surface area contributed by atoms with Gasteiger partial charge in [-0.3, -0.25) is 4.79 Å². The number of hydrogen-bond donors (Lipinski definition) is 2. The van der Waals surface area contributed by atoms with E-state index in [2.05, 4.69) is 10.6 Å². The fraction of sp³-hybridized carbons (Fsp3) is 0.800. The van der Waals surface area contributed by atoms with Crippen molar-refractivity contribution in [2.24, 2.45) is 0 Å². The second-order valence-corrected chi connectivity index (χ2v) is 6.40. The predicted molar refractivity (Wildman–Crippen MR) is 78.4 cm³/mol. The topological polar surface area (TPSA) is 91.2 Å². The van der Waals surface area contributed by atoms with E-state index in [1.54, 1.807) is 20.8 Å². The Morgan fingerprint density at radius 1 is 1.29 bits per heavy atom. The minimum Gasteiger partial charge on any atom is -0.444 e. The molecule has 0 saturated heterocycles. The van der Waals surface area contributed by atoms with Gasteiger partial charge in [-0.1, -0.05) is 19.3 Å². The molecule has 0 radical (unpaired) electrons. The summed E-state index contributed by atoms with van der Waals surface area (Å²) in [4.78, 5) is 23.9. The molecule has 0 aliphatic heterocycles. The lowest BCUT2D eigenvalue weighted by Gasteiger charge is -2.26. The van der Waals surface area contributed by atoms with Crippen molar-refractivity contribution >= 4 is 12.0 Å². The van der Waals surface area contributed by atoms with Crippen LogP contribution in [-0.2, 0) is 9.53 Å². The fourth-order valence-electron chi connectivity index (χ4n) is 2.30. The summed E-state index contributed by atoms with van der Waals surface area (Å²) in [5, 5.41) is 14.2. The van der Waals surface area contributed by atoms with Crippen molar-refractivity contribution in [1.82, 2.24) is 10.6 Å². The summed E-state index contributed by atoms with van der Waals surface area (Å²) in [5.41, 5.74) is -0.638. The smallest absolute Gasteiger partial charge is 0.408 e. The van der Waals surface area contributed by atoms with Crippen LogP contribution in [0.4, 0.5) is 4.79 Å². The van der Waals surface area contributed by atoms with Crippen LogP contribution in [0.15, 0.2) is 0 Å². The van der Waals surface area contributed by atoms with Crippen LogP contribution in [0.3, 0.4) is 0 Å². The molecule has 118 valence electrons. The van der Waals surface area contributed by atoms with E-state index in [0.29, 0.717) is 0 Å². The first kappa shape index (κ1) is 17.3. The van der Waals surface area contributed by atoms with E-state index in [0.717, 1.165) is 25.7 Å². The van der Waals surface area contributed by atoms with Gasteiger partial charge in [-0.25, -0.2) is 4.79 Å². The van der Waals surface area contributed by atoms with Gasteiger partial charge in [-0.15, -0.1) is 0 Å². The van der Waals surface area contributed by atoms with Gasteiger partial charge in [-0.05, 0) is 33.6 Å². The number of carbonyl (C=O) groups is 2. The molecule has 1 saturated carbocycles. The van der Waals surface area contributed by atoms with Gasteiger partial charge >= 0.3 is 6.09 Å². The summed E-state index contributed by atoms with van der Waals surface area (Å²) >= 11 is 0. The number of carbonyl (C=O) groups excluding carboxylic acids is 2. The zero-order chi connectivity index (χ0) is 15.9. The Balaban J connectivity index is 2.52. The average molecular weight is 295 g/mol. The molecule has 0 aromatic rings. The molecule has 1 fully saturated rings. The minimum atomic E-state index is -0.869. The third-order valence-electron chi connectivity index (χ3n) is 3.25. The van der Waals surface area contributed by atoms with Crippen LogP contribution in [0.25, 0.3) is 0 Å². The molecular weight excluding hydrogens is 270 g/mol. The summed E-state index contributed by atoms with van der Waals surface area (Å²) in [6.45, 7) is 5.23. The maximum absolute atomic E-state index is 12.2. The summed E-state index contributed by atoms with van der Waals surface area (Å²) < 4.78 is 5.12. The van der Waals surface area contributed by atoms with Gasteiger partial charge < -0.3 is 15.4 Å². The van der Waals surface area contributed by atoms with E-state index in [1.807, 2.05) is 6.07 Å². The molecule has 0 unspecified atom stereocenters. The van der Waals surface area contributed by atoms with Gasteiger partial charge in [0.25, 0.3) is 0 Å². The number of amides is 2. The normalized spacial score (nSPS) is 17.4. The summed E-state index contributed by atoms with van der Waals surface area (Å²) in [6, 6.07) is 1.20. The quantitative estimate of drug-likeness (QED) is 0.832. The number of nitrogens with zero attached hydrogens (tertiary/aromatic N) is 1. The lowest BCUT2D eigenvalue weighted by atomic mass is 9.95. The molecule has 1 rings (SSSR count). The molecule has 0 aromatic heterocycles. The molecule has 0 heterocycles. The molecule has 21 heavy (non-hydrogen) atoms. The maximum atomic E-state index is 12.2. The standard InChI is InChI=1S/C15H25N3O3/c1-15(2,3)21-14(20)18-12(9-10-16)13(19)17-11-7-5-4-6-8-11/h11-12H,4-9H2,1-3H3,(H,17,19)(H,18,20)/t12-/m0/s1. The second-order valence-electron chi connectivity index (χ2n) is 6.40. The predicted octanol–water partition coefficient (Wildman–Crippen LogP) is 2.24. The number of rotatable bonds is 4. The third-order valence-corrected chi connectivity index (χ3v) is 3.25. The van der Waals surface area contributed by atoms with Crippen molar-refractivity contribution in [3.05, 3.63) is 0 Å². The molecule has 6 heteroatoms. The lowest BCUT2D eigenvalue weighted by Crippen LogP contribution is -2.50. The largest absolute Gasteiger partial charge is 0.444 e.